The number of aliphatic carboxylic acids is 1. The molecule has 2 aromatic carbocycles. The highest BCUT2D eigenvalue weighted by molar-refractivity contribution is 5.77. The molecule has 0 heterocycles. The molecule has 2 rings (SSSR count). The average molecular weight is 283 g/mol. The van der Waals surface area contributed by atoms with Crippen LogP contribution in [-0.2, 0) is 17.9 Å². The molecule has 0 aromatic heterocycles. The van der Waals surface area contributed by atoms with Crippen molar-refractivity contribution >= 4 is 5.97 Å². The van der Waals surface area contributed by atoms with E-state index in [2.05, 4.69) is 0 Å². The number of carboxylic acid groups (broad SMARTS) is 1. The average Bonchev–Trinajstić information content (AvgIpc) is 2.48. The van der Waals surface area contributed by atoms with Crippen LogP contribution in [0.2, 0.25) is 0 Å². The van der Waals surface area contributed by atoms with E-state index < -0.39 is 11.5 Å². The van der Waals surface area contributed by atoms with Gasteiger partial charge < -0.3 is 5.11 Å². The fourth-order valence-electron chi connectivity index (χ4n) is 2.19. The Balaban J connectivity index is 2.24. The minimum atomic E-state index is -0.925. The number of hydrogen-bond acceptors (Lipinski definition) is 2. The molecular formula is C18H21NO2. The monoisotopic (exact) mass is 283 g/mol. The number of rotatable bonds is 6. The Morgan fingerprint density at radius 3 is 1.62 bits per heavy atom. The summed E-state index contributed by atoms with van der Waals surface area (Å²) in [4.78, 5) is 13.6. The molecule has 0 saturated heterocycles. The number of benzene rings is 2. The summed E-state index contributed by atoms with van der Waals surface area (Å²) in [5, 5.41) is 9.53. The second-order valence-electron chi connectivity index (χ2n) is 5.69. The van der Waals surface area contributed by atoms with Crippen molar-refractivity contribution in [1.82, 2.24) is 4.90 Å². The third-order valence-electron chi connectivity index (χ3n) is 3.75. The molecule has 0 aliphatic carbocycles. The van der Waals surface area contributed by atoms with Gasteiger partial charge in [0.15, 0.2) is 0 Å². The Morgan fingerprint density at radius 2 is 1.29 bits per heavy atom. The lowest BCUT2D eigenvalue weighted by molar-refractivity contribution is -0.150. The van der Waals surface area contributed by atoms with E-state index in [1.165, 1.54) is 0 Å². The van der Waals surface area contributed by atoms with Gasteiger partial charge in [0, 0.05) is 13.1 Å². The maximum atomic E-state index is 11.6. The van der Waals surface area contributed by atoms with Gasteiger partial charge in [0.05, 0.1) is 0 Å². The Hall–Kier alpha value is -2.13. The van der Waals surface area contributed by atoms with Gasteiger partial charge in [-0.25, -0.2) is 0 Å². The standard InChI is InChI=1S/C18H21NO2/c1-18(2,17(20)21)19(13-15-9-5-3-6-10-15)14-16-11-7-4-8-12-16/h3-12H,13-14H2,1-2H3,(H,20,21). The molecule has 110 valence electrons. The first kappa shape index (κ1) is 15.3. The van der Waals surface area contributed by atoms with E-state index in [-0.39, 0.29) is 0 Å². The summed E-state index contributed by atoms with van der Waals surface area (Å²) < 4.78 is 0. The maximum absolute atomic E-state index is 11.6. The summed E-state index contributed by atoms with van der Waals surface area (Å²) >= 11 is 0. The van der Waals surface area contributed by atoms with E-state index in [1.54, 1.807) is 13.8 Å². The van der Waals surface area contributed by atoms with Crippen LogP contribution < -0.4 is 0 Å². The van der Waals surface area contributed by atoms with Gasteiger partial charge in [0.1, 0.15) is 5.54 Å². The smallest absolute Gasteiger partial charge is 0.323 e. The molecule has 0 spiro atoms. The van der Waals surface area contributed by atoms with Crippen molar-refractivity contribution in [1.29, 1.82) is 0 Å². The third kappa shape index (κ3) is 3.92. The van der Waals surface area contributed by atoms with Crippen molar-refractivity contribution in [3.63, 3.8) is 0 Å². The number of hydrogen-bond donors (Lipinski definition) is 1. The van der Waals surface area contributed by atoms with Crippen LogP contribution in [0.15, 0.2) is 60.7 Å². The first-order valence-electron chi connectivity index (χ1n) is 7.06. The summed E-state index contributed by atoms with van der Waals surface area (Å²) in [5.41, 5.74) is 1.30. The summed E-state index contributed by atoms with van der Waals surface area (Å²) in [5.74, 6) is -0.811. The Bertz CT molecular complexity index is 537. The lowest BCUT2D eigenvalue weighted by Crippen LogP contribution is -2.49. The second kappa shape index (κ2) is 6.55. The van der Waals surface area contributed by atoms with E-state index in [0.717, 1.165) is 11.1 Å². The van der Waals surface area contributed by atoms with Crippen LogP contribution in [-0.4, -0.2) is 21.5 Å². The van der Waals surface area contributed by atoms with Crippen molar-refractivity contribution in [3.05, 3.63) is 71.8 Å². The Morgan fingerprint density at radius 1 is 0.905 bits per heavy atom. The second-order valence-corrected chi connectivity index (χ2v) is 5.69. The van der Waals surface area contributed by atoms with E-state index in [4.69, 9.17) is 0 Å². The lowest BCUT2D eigenvalue weighted by Gasteiger charge is -2.35. The van der Waals surface area contributed by atoms with Crippen LogP contribution in [0, 0.1) is 0 Å². The van der Waals surface area contributed by atoms with Crippen LogP contribution in [0.25, 0.3) is 0 Å². The molecule has 0 amide bonds. The molecule has 21 heavy (non-hydrogen) atoms. The quantitative estimate of drug-likeness (QED) is 0.881. The van der Waals surface area contributed by atoms with Crippen molar-refractivity contribution in [3.8, 4) is 0 Å². The van der Waals surface area contributed by atoms with Crippen LogP contribution in [0.5, 0.6) is 0 Å². The summed E-state index contributed by atoms with van der Waals surface area (Å²) in [6.45, 7) is 4.71. The van der Waals surface area contributed by atoms with Gasteiger partial charge in [0.25, 0.3) is 0 Å². The third-order valence-corrected chi connectivity index (χ3v) is 3.75. The van der Waals surface area contributed by atoms with Gasteiger partial charge in [0.2, 0.25) is 0 Å². The molecule has 3 nitrogen and oxygen atoms in total. The van der Waals surface area contributed by atoms with E-state index in [0.29, 0.717) is 13.1 Å². The highest BCUT2D eigenvalue weighted by Gasteiger charge is 2.34. The molecule has 1 N–H and O–H groups in total. The largest absolute Gasteiger partial charge is 0.480 e. The Labute approximate surface area is 125 Å². The molecule has 0 aliphatic heterocycles. The van der Waals surface area contributed by atoms with Gasteiger partial charge in [-0.15, -0.1) is 0 Å². The maximum Gasteiger partial charge on any atom is 0.323 e. The summed E-state index contributed by atoms with van der Waals surface area (Å²) in [7, 11) is 0. The summed E-state index contributed by atoms with van der Waals surface area (Å²) in [6.07, 6.45) is 0. The van der Waals surface area contributed by atoms with Crippen LogP contribution in [0.3, 0.4) is 0 Å². The fraction of sp³-hybridized carbons (Fsp3) is 0.278. The fourth-order valence-corrected chi connectivity index (χ4v) is 2.19. The molecule has 0 aliphatic rings. The number of carbonyl (C=O) groups is 1. The van der Waals surface area contributed by atoms with Crippen molar-refractivity contribution in [2.75, 3.05) is 0 Å². The molecule has 0 bridgehead atoms. The molecule has 0 atom stereocenters. The predicted molar refractivity (Wildman–Crippen MR) is 83.8 cm³/mol. The van der Waals surface area contributed by atoms with E-state index in [9.17, 15) is 9.90 Å². The molecule has 0 fully saturated rings. The van der Waals surface area contributed by atoms with E-state index >= 15 is 0 Å². The normalized spacial score (nSPS) is 11.6. The molecule has 0 saturated carbocycles. The zero-order valence-electron chi connectivity index (χ0n) is 12.5. The molecule has 3 heteroatoms. The minimum absolute atomic E-state index is 0.606. The predicted octanol–water partition coefficient (Wildman–Crippen LogP) is 3.55. The van der Waals surface area contributed by atoms with Gasteiger partial charge in [-0.3, -0.25) is 9.69 Å². The van der Waals surface area contributed by atoms with Crippen molar-refractivity contribution < 1.29 is 9.90 Å². The first-order valence-corrected chi connectivity index (χ1v) is 7.06. The SMILES string of the molecule is CC(C)(C(=O)O)N(Cc1ccccc1)Cc1ccccc1. The highest BCUT2D eigenvalue weighted by atomic mass is 16.4. The molecule has 0 radical (unpaired) electrons. The van der Waals surface area contributed by atoms with Crippen molar-refractivity contribution in [2.24, 2.45) is 0 Å². The number of carboxylic acids is 1. The first-order chi connectivity index (χ1) is 10.00. The van der Waals surface area contributed by atoms with Gasteiger partial charge in [-0.1, -0.05) is 60.7 Å². The number of nitrogens with zero attached hydrogens (tertiary/aromatic N) is 1. The van der Waals surface area contributed by atoms with Crippen LogP contribution in [0.1, 0.15) is 25.0 Å². The lowest BCUT2D eigenvalue weighted by atomic mass is 10.0. The zero-order chi connectivity index (χ0) is 15.3. The Kier molecular flexibility index (Phi) is 4.76. The van der Waals surface area contributed by atoms with Crippen LogP contribution in [0.4, 0.5) is 0 Å². The summed E-state index contributed by atoms with van der Waals surface area (Å²) in [6, 6.07) is 19.9. The highest BCUT2D eigenvalue weighted by Crippen LogP contribution is 2.21. The van der Waals surface area contributed by atoms with Gasteiger partial charge in [-0.2, -0.15) is 0 Å². The molecule has 2 aromatic rings. The minimum Gasteiger partial charge on any atom is -0.480 e. The van der Waals surface area contributed by atoms with E-state index in [1.807, 2.05) is 65.6 Å². The topological polar surface area (TPSA) is 40.5 Å². The zero-order valence-corrected chi connectivity index (χ0v) is 12.5. The van der Waals surface area contributed by atoms with Gasteiger partial charge in [-0.05, 0) is 25.0 Å². The van der Waals surface area contributed by atoms with Crippen LogP contribution >= 0.6 is 0 Å². The molecular weight excluding hydrogens is 262 g/mol. The van der Waals surface area contributed by atoms with Gasteiger partial charge >= 0.3 is 5.97 Å². The molecule has 0 unspecified atom stereocenters. The van der Waals surface area contributed by atoms with Crippen molar-refractivity contribution in [2.45, 2.75) is 32.5 Å².